The summed E-state index contributed by atoms with van der Waals surface area (Å²) in [6, 6.07) is 52.9. The van der Waals surface area contributed by atoms with Crippen molar-refractivity contribution in [1.29, 1.82) is 0 Å². The van der Waals surface area contributed by atoms with Crippen molar-refractivity contribution in [3.63, 3.8) is 0 Å². The summed E-state index contributed by atoms with van der Waals surface area (Å²) in [4.78, 5) is 4.44. The Morgan fingerprint density at radius 3 is 1.16 bits per heavy atom. The molecule has 0 saturated carbocycles. The molecule has 0 saturated heterocycles. The van der Waals surface area contributed by atoms with E-state index in [9.17, 15) is 20.1 Å². The van der Waals surface area contributed by atoms with E-state index in [-0.39, 0.29) is 27.7 Å². The first-order valence-electron chi connectivity index (χ1n) is 25.2. The van der Waals surface area contributed by atoms with Crippen molar-refractivity contribution in [2.75, 3.05) is 9.80 Å². The van der Waals surface area contributed by atoms with Crippen molar-refractivity contribution >= 4 is 135 Å². The van der Waals surface area contributed by atoms with Gasteiger partial charge in [-0.15, -0.1) is 0 Å². The van der Waals surface area contributed by atoms with E-state index in [1.807, 2.05) is 54.6 Å². The standard InChI is InChI=1S/C31H33B2NO5.C31H29Br2NO/c1-19(2)21-13-9-10-14-25(21)34(20-11-7-6-8-12-20)26-18-17-24(33(37)38)28-27-23(32(35)36)16-15-22(31(3,4)5)29(27)39-30(26)28;1-19(2)21-13-9-10-14-25(21)34(20-11-7-6-8-12-20)26-18-17-24(33)28-27-23(32)16-15-22(31(3,4)5)29(27)35-30(26)28/h6-19,35-38H,1-5H3;6-19H,1-5H3. The highest BCUT2D eigenvalue weighted by Gasteiger charge is 2.33. The Kier molecular flexibility index (Phi) is 14.9. The molecule has 0 fully saturated rings. The van der Waals surface area contributed by atoms with Crippen molar-refractivity contribution in [3.05, 3.63) is 189 Å². The lowest BCUT2D eigenvalue weighted by molar-refractivity contribution is 0.424. The Balaban J connectivity index is 0.000000183. The maximum Gasteiger partial charge on any atom is 0.489 e. The predicted molar refractivity (Wildman–Crippen MR) is 317 cm³/mol. The molecule has 0 aliphatic heterocycles. The summed E-state index contributed by atoms with van der Waals surface area (Å²) in [6.45, 7) is 21.6. The Labute approximate surface area is 451 Å². The number of para-hydroxylation sites is 4. The molecule has 74 heavy (non-hydrogen) atoms. The van der Waals surface area contributed by atoms with Crippen molar-refractivity contribution in [3.8, 4) is 0 Å². The molecule has 8 nitrogen and oxygen atoms in total. The van der Waals surface area contributed by atoms with Gasteiger partial charge in [-0.2, -0.15) is 0 Å². The molecule has 0 unspecified atom stereocenters. The van der Waals surface area contributed by atoms with Crippen LogP contribution in [0.2, 0.25) is 0 Å². The molecule has 0 atom stereocenters. The molecule has 0 aliphatic carbocycles. The van der Waals surface area contributed by atoms with Gasteiger partial charge in [-0.05, 0) is 105 Å². The van der Waals surface area contributed by atoms with E-state index in [0.29, 0.717) is 33.5 Å². The topological polar surface area (TPSA) is 114 Å². The zero-order valence-electron chi connectivity index (χ0n) is 43.6. The van der Waals surface area contributed by atoms with Gasteiger partial charge >= 0.3 is 14.2 Å². The van der Waals surface area contributed by atoms with Gasteiger partial charge < -0.3 is 38.7 Å². The summed E-state index contributed by atoms with van der Waals surface area (Å²) in [5, 5.41) is 44.6. The van der Waals surface area contributed by atoms with Crippen LogP contribution in [0.15, 0.2) is 176 Å². The molecule has 2 heterocycles. The highest BCUT2D eigenvalue weighted by Crippen LogP contribution is 2.50. The number of hydrogen-bond donors (Lipinski definition) is 4. The van der Waals surface area contributed by atoms with E-state index in [4.69, 9.17) is 8.83 Å². The lowest BCUT2D eigenvalue weighted by Gasteiger charge is -2.29. The fourth-order valence-electron chi connectivity index (χ4n) is 10.2. The summed E-state index contributed by atoms with van der Waals surface area (Å²) in [6.07, 6.45) is 0. The van der Waals surface area contributed by atoms with Crippen molar-refractivity contribution in [2.24, 2.45) is 0 Å². The summed E-state index contributed by atoms with van der Waals surface area (Å²) in [5.41, 5.74) is 13.1. The number of hydrogen-bond acceptors (Lipinski definition) is 8. The number of anilines is 6. The minimum absolute atomic E-state index is 0.0528. The lowest BCUT2D eigenvalue weighted by Crippen LogP contribution is -2.34. The van der Waals surface area contributed by atoms with Crippen LogP contribution in [0.5, 0.6) is 0 Å². The van der Waals surface area contributed by atoms with Crippen LogP contribution in [0, 0.1) is 0 Å². The highest BCUT2D eigenvalue weighted by molar-refractivity contribution is 9.11. The second-order valence-corrected chi connectivity index (χ2v) is 23.3. The molecule has 10 aromatic rings. The van der Waals surface area contributed by atoms with E-state index < -0.39 is 14.2 Å². The van der Waals surface area contributed by atoms with Crippen LogP contribution >= 0.6 is 31.9 Å². The molecule has 376 valence electrons. The molecule has 12 heteroatoms. The first kappa shape index (κ1) is 52.7. The molecule has 8 aromatic carbocycles. The number of benzene rings is 8. The Bertz CT molecular complexity index is 3650. The van der Waals surface area contributed by atoms with Crippen LogP contribution < -0.4 is 20.7 Å². The zero-order chi connectivity index (χ0) is 53.0. The predicted octanol–water partition coefficient (Wildman–Crippen LogP) is 15.8. The van der Waals surface area contributed by atoms with Crippen LogP contribution in [-0.2, 0) is 10.8 Å². The van der Waals surface area contributed by atoms with Gasteiger partial charge in [0.25, 0.3) is 0 Å². The minimum atomic E-state index is -1.79. The van der Waals surface area contributed by atoms with E-state index >= 15 is 0 Å². The molecular formula is C62H62B2Br2N2O6. The quantitative estimate of drug-likeness (QED) is 0.100. The Morgan fingerprint density at radius 2 is 0.730 bits per heavy atom. The molecule has 2 aromatic heterocycles. The van der Waals surface area contributed by atoms with Gasteiger partial charge in [-0.1, -0.05) is 198 Å². The molecule has 0 spiro atoms. The number of halogens is 2. The molecule has 10 rings (SSSR count). The lowest BCUT2D eigenvalue weighted by atomic mass is 9.71. The van der Waals surface area contributed by atoms with Crippen LogP contribution in [0.3, 0.4) is 0 Å². The monoisotopic (exact) mass is 1110 g/mol. The van der Waals surface area contributed by atoms with Gasteiger partial charge in [0.2, 0.25) is 0 Å². The van der Waals surface area contributed by atoms with Crippen molar-refractivity contribution in [1.82, 2.24) is 0 Å². The maximum absolute atomic E-state index is 10.4. The average Bonchev–Trinajstić information content (AvgIpc) is 3.97. The van der Waals surface area contributed by atoms with Crippen LogP contribution in [0.1, 0.15) is 103 Å². The van der Waals surface area contributed by atoms with E-state index in [1.165, 1.54) is 11.1 Å². The van der Waals surface area contributed by atoms with Crippen LogP contribution in [0.25, 0.3) is 43.9 Å². The van der Waals surface area contributed by atoms with Gasteiger partial charge in [-0.25, -0.2) is 0 Å². The SMILES string of the molecule is CC(C)c1ccccc1N(c1ccccc1)c1ccc(B(O)O)c2c1oc1c(C(C)(C)C)ccc(B(O)O)c12.CC(C)c1ccccc1N(c1ccccc1)c1ccc(Br)c2c1oc1c(C(C)(C)C)ccc(Br)c12. The smallest absolute Gasteiger partial charge is 0.454 e. The molecule has 4 N–H and O–H groups in total. The summed E-state index contributed by atoms with van der Waals surface area (Å²) < 4.78 is 15.5. The fraction of sp³-hybridized carbons (Fsp3) is 0.226. The van der Waals surface area contributed by atoms with Gasteiger partial charge in [-0.3, -0.25) is 0 Å². The first-order valence-corrected chi connectivity index (χ1v) is 26.7. The van der Waals surface area contributed by atoms with Gasteiger partial charge in [0.15, 0.2) is 11.2 Å². The van der Waals surface area contributed by atoms with Gasteiger partial charge in [0, 0.05) is 64.4 Å². The van der Waals surface area contributed by atoms with Crippen molar-refractivity contribution < 1.29 is 28.9 Å². The third-order valence-corrected chi connectivity index (χ3v) is 15.1. The van der Waals surface area contributed by atoms with Gasteiger partial charge in [0.05, 0.1) is 11.4 Å². The number of nitrogens with zero attached hydrogens (tertiary/aromatic N) is 2. The van der Waals surface area contributed by atoms with E-state index in [0.717, 1.165) is 70.4 Å². The summed E-state index contributed by atoms with van der Waals surface area (Å²) >= 11 is 7.66. The zero-order valence-corrected chi connectivity index (χ0v) is 46.7. The third kappa shape index (κ3) is 9.84. The average molecular weight is 1110 g/mol. The number of furan rings is 2. The minimum Gasteiger partial charge on any atom is -0.454 e. The normalized spacial score (nSPS) is 12.0. The van der Waals surface area contributed by atoms with Crippen molar-refractivity contribution in [2.45, 2.75) is 91.9 Å². The third-order valence-electron chi connectivity index (χ3n) is 13.7. The van der Waals surface area contributed by atoms with Gasteiger partial charge in [0.1, 0.15) is 11.2 Å². The van der Waals surface area contributed by atoms with E-state index in [1.54, 1.807) is 12.1 Å². The maximum atomic E-state index is 10.4. The summed E-state index contributed by atoms with van der Waals surface area (Å²) in [7, 11) is -3.57. The van der Waals surface area contributed by atoms with Crippen LogP contribution in [-0.4, -0.2) is 34.3 Å². The van der Waals surface area contributed by atoms with E-state index in [2.05, 4.69) is 202 Å². The van der Waals surface area contributed by atoms with Crippen LogP contribution in [0.4, 0.5) is 34.1 Å². The molecule has 0 radical (unpaired) electrons. The summed E-state index contributed by atoms with van der Waals surface area (Å²) in [5.74, 6) is 0.612. The molecule has 0 bridgehead atoms. The Morgan fingerprint density at radius 1 is 0.392 bits per heavy atom. The fourth-order valence-corrected chi connectivity index (χ4v) is 11.2. The largest absolute Gasteiger partial charge is 0.489 e. The molecular weight excluding hydrogens is 1050 g/mol. The second-order valence-electron chi connectivity index (χ2n) is 21.6. The first-order chi connectivity index (χ1) is 35.2. The Hall–Kier alpha value is -6.11. The number of rotatable bonds is 10. The highest BCUT2D eigenvalue weighted by atomic mass is 79.9. The second kappa shape index (κ2) is 20.9. The number of fused-ring (bicyclic) bond motifs is 6. The molecule has 0 amide bonds. The molecule has 0 aliphatic rings.